The maximum atomic E-state index is 5.76. The molecule has 0 radical (unpaired) electrons. The van der Waals surface area contributed by atoms with Crippen LogP contribution in [0.2, 0.25) is 0 Å². The molecule has 0 unspecified atom stereocenters. The lowest BCUT2D eigenvalue weighted by molar-refractivity contribution is 1.20. The fourth-order valence-electron chi connectivity index (χ4n) is 2.98. The first-order valence-electron chi connectivity index (χ1n) is 8.37. The molecule has 0 aliphatic carbocycles. The van der Waals surface area contributed by atoms with Crippen molar-refractivity contribution in [3.8, 4) is 22.4 Å². The van der Waals surface area contributed by atoms with E-state index < -0.39 is 0 Å². The van der Waals surface area contributed by atoms with Crippen molar-refractivity contribution in [1.29, 1.82) is 0 Å². The average molecular weight is 338 g/mol. The minimum atomic E-state index is 0.411. The van der Waals surface area contributed by atoms with Gasteiger partial charge in [0.1, 0.15) is 5.69 Å². The van der Waals surface area contributed by atoms with Gasteiger partial charge in [-0.2, -0.15) is 0 Å². The summed E-state index contributed by atoms with van der Waals surface area (Å²) in [6.45, 7) is 5.74. The zero-order valence-corrected chi connectivity index (χ0v) is 14.5. The number of nitrogens with zero attached hydrogens (tertiary/aromatic N) is 3. The first kappa shape index (κ1) is 16.0. The highest BCUT2D eigenvalue weighted by molar-refractivity contribution is 5.87. The minimum absolute atomic E-state index is 0.411. The second kappa shape index (κ2) is 6.41. The summed E-state index contributed by atoms with van der Waals surface area (Å²) in [6.07, 6.45) is 1.65. The van der Waals surface area contributed by atoms with Crippen molar-refractivity contribution in [3.05, 3.63) is 84.8 Å². The molecule has 0 amide bonds. The van der Waals surface area contributed by atoms with Gasteiger partial charge in [0.15, 0.2) is 0 Å². The Labute approximate surface area is 152 Å². The molecule has 2 heterocycles. The van der Waals surface area contributed by atoms with Crippen molar-refractivity contribution >= 4 is 16.7 Å². The summed E-state index contributed by atoms with van der Waals surface area (Å²) in [4.78, 5) is 13.7. The van der Waals surface area contributed by atoms with Crippen molar-refractivity contribution in [2.75, 3.05) is 0 Å². The first-order valence-corrected chi connectivity index (χ1v) is 8.37. The maximum absolute atomic E-state index is 5.76. The summed E-state index contributed by atoms with van der Waals surface area (Å²) in [5, 5.41) is 0. The normalized spacial score (nSPS) is 10.8. The van der Waals surface area contributed by atoms with Gasteiger partial charge >= 0.3 is 0 Å². The van der Waals surface area contributed by atoms with E-state index in [0.29, 0.717) is 11.4 Å². The molecule has 0 atom stereocenters. The van der Waals surface area contributed by atoms with Gasteiger partial charge in [0, 0.05) is 11.3 Å². The predicted octanol–water partition coefficient (Wildman–Crippen LogP) is 4.60. The van der Waals surface area contributed by atoms with Gasteiger partial charge in [-0.25, -0.2) is 4.98 Å². The van der Waals surface area contributed by atoms with E-state index in [-0.39, 0.29) is 0 Å². The topological polar surface area (TPSA) is 64.7 Å². The standard InChI is InChI=1S/C22H18N4/c1-14-6-5-9-19(25-14)18-8-4-3-7-17(18)16-10-11-20-21(12-16)26-22(13-24-20)15(2)23/h3-13H,2,23H2,1H3. The molecule has 0 aliphatic rings. The van der Waals surface area contributed by atoms with E-state index in [1.807, 2.05) is 49.4 Å². The second-order valence-corrected chi connectivity index (χ2v) is 6.19. The van der Waals surface area contributed by atoms with Gasteiger partial charge < -0.3 is 5.73 Å². The Morgan fingerprint density at radius 2 is 1.69 bits per heavy atom. The van der Waals surface area contributed by atoms with Crippen molar-refractivity contribution in [3.63, 3.8) is 0 Å². The van der Waals surface area contributed by atoms with Gasteiger partial charge in [-0.05, 0) is 42.3 Å². The van der Waals surface area contributed by atoms with E-state index in [9.17, 15) is 0 Å². The molecule has 126 valence electrons. The van der Waals surface area contributed by atoms with E-state index in [1.165, 1.54) is 0 Å². The third-order valence-corrected chi connectivity index (χ3v) is 4.27. The van der Waals surface area contributed by atoms with Crippen LogP contribution < -0.4 is 5.73 Å². The van der Waals surface area contributed by atoms with Gasteiger partial charge in [-0.15, -0.1) is 0 Å². The fourth-order valence-corrected chi connectivity index (χ4v) is 2.98. The molecular formula is C22H18N4. The molecule has 4 heteroatoms. The molecule has 2 aromatic carbocycles. The molecular weight excluding hydrogens is 320 g/mol. The van der Waals surface area contributed by atoms with E-state index in [0.717, 1.165) is 39.1 Å². The molecule has 4 aromatic rings. The zero-order chi connectivity index (χ0) is 18.1. The highest BCUT2D eigenvalue weighted by Crippen LogP contribution is 2.32. The Morgan fingerprint density at radius 1 is 0.885 bits per heavy atom. The lowest BCUT2D eigenvalue weighted by atomic mass is 9.97. The second-order valence-electron chi connectivity index (χ2n) is 6.19. The van der Waals surface area contributed by atoms with E-state index >= 15 is 0 Å². The summed E-state index contributed by atoms with van der Waals surface area (Å²) in [6, 6.07) is 20.4. The Bertz CT molecular complexity index is 1130. The Morgan fingerprint density at radius 3 is 2.46 bits per heavy atom. The van der Waals surface area contributed by atoms with Gasteiger partial charge in [0.25, 0.3) is 0 Å². The molecule has 0 fully saturated rings. The molecule has 4 rings (SSSR count). The van der Waals surface area contributed by atoms with Crippen LogP contribution >= 0.6 is 0 Å². The SMILES string of the molecule is C=C(N)c1cnc2ccc(-c3ccccc3-c3cccc(C)n3)cc2n1. The van der Waals surface area contributed by atoms with Crippen molar-refractivity contribution in [1.82, 2.24) is 15.0 Å². The third-order valence-electron chi connectivity index (χ3n) is 4.27. The predicted molar refractivity (Wildman–Crippen MR) is 106 cm³/mol. The van der Waals surface area contributed by atoms with Crippen LogP contribution in [0.4, 0.5) is 0 Å². The largest absolute Gasteiger partial charge is 0.397 e. The summed E-state index contributed by atoms with van der Waals surface area (Å²) >= 11 is 0. The smallest absolute Gasteiger partial charge is 0.104 e. The van der Waals surface area contributed by atoms with Crippen LogP contribution in [0.1, 0.15) is 11.4 Å². The summed E-state index contributed by atoms with van der Waals surface area (Å²) in [7, 11) is 0. The number of fused-ring (bicyclic) bond motifs is 1. The molecule has 26 heavy (non-hydrogen) atoms. The minimum Gasteiger partial charge on any atom is -0.397 e. The van der Waals surface area contributed by atoms with E-state index in [1.54, 1.807) is 6.20 Å². The molecule has 2 aromatic heterocycles. The molecule has 0 aliphatic heterocycles. The average Bonchev–Trinajstić information content (AvgIpc) is 2.67. The first-order chi connectivity index (χ1) is 12.6. The maximum Gasteiger partial charge on any atom is 0.104 e. The van der Waals surface area contributed by atoms with Gasteiger partial charge in [-0.3, -0.25) is 9.97 Å². The summed E-state index contributed by atoms with van der Waals surface area (Å²) in [5.41, 5.74) is 13.6. The number of aryl methyl sites for hydroxylation is 1. The van der Waals surface area contributed by atoms with Crippen LogP contribution in [0.3, 0.4) is 0 Å². The lowest BCUT2D eigenvalue weighted by Crippen LogP contribution is -1.99. The number of pyridine rings is 1. The quantitative estimate of drug-likeness (QED) is 0.593. The Hall–Kier alpha value is -3.53. The van der Waals surface area contributed by atoms with Crippen LogP contribution in [0.5, 0.6) is 0 Å². The van der Waals surface area contributed by atoms with Crippen LogP contribution in [0.25, 0.3) is 39.1 Å². The number of rotatable bonds is 3. The summed E-state index contributed by atoms with van der Waals surface area (Å²) < 4.78 is 0. The monoisotopic (exact) mass is 338 g/mol. The highest BCUT2D eigenvalue weighted by atomic mass is 14.8. The molecule has 0 bridgehead atoms. The third kappa shape index (κ3) is 2.93. The molecule has 2 N–H and O–H groups in total. The number of nitrogens with two attached hydrogens (primary N) is 1. The lowest BCUT2D eigenvalue weighted by Gasteiger charge is -2.11. The van der Waals surface area contributed by atoms with E-state index in [2.05, 4.69) is 39.7 Å². The summed E-state index contributed by atoms with van der Waals surface area (Å²) in [5.74, 6) is 0. The molecule has 4 nitrogen and oxygen atoms in total. The molecule has 0 saturated carbocycles. The van der Waals surface area contributed by atoms with Crippen molar-refractivity contribution in [2.24, 2.45) is 5.73 Å². The van der Waals surface area contributed by atoms with Gasteiger partial charge in [-0.1, -0.05) is 43.0 Å². The fraction of sp³-hybridized carbons (Fsp3) is 0.0455. The van der Waals surface area contributed by atoms with Crippen LogP contribution in [0, 0.1) is 6.92 Å². The van der Waals surface area contributed by atoms with Gasteiger partial charge in [0.05, 0.1) is 28.6 Å². The zero-order valence-electron chi connectivity index (χ0n) is 14.5. The van der Waals surface area contributed by atoms with Crippen LogP contribution in [0.15, 0.2) is 73.4 Å². The van der Waals surface area contributed by atoms with Crippen molar-refractivity contribution in [2.45, 2.75) is 6.92 Å². The molecule has 0 spiro atoms. The number of aromatic nitrogens is 3. The van der Waals surface area contributed by atoms with Crippen molar-refractivity contribution < 1.29 is 0 Å². The highest BCUT2D eigenvalue weighted by Gasteiger charge is 2.10. The number of hydrogen-bond donors (Lipinski definition) is 1. The number of benzene rings is 2. The van der Waals surface area contributed by atoms with Crippen LogP contribution in [-0.2, 0) is 0 Å². The Balaban J connectivity index is 1.89. The van der Waals surface area contributed by atoms with Gasteiger partial charge in [0.2, 0.25) is 0 Å². The Kier molecular flexibility index (Phi) is 3.93. The number of hydrogen-bond acceptors (Lipinski definition) is 4. The van der Waals surface area contributed by atoms with E-state index in [4.69, 9.17) is 5.73 Å². The molecule has 0 saturated heterocycles. The van der Waals surface area contributed by atoms with Crippen LogP contribution in [-0.4, -0.2) is 15.0 Å².